The van der Waals surface area contributed by atoms with Crippen LogP contribution in [0.15, 0.2) is 0 Å². The van der Waals surface area contributed by atoms with Crippen LogP contribution in [0.5, 0.6) is 0 Å². The lowest BCUT2D eigenvalue weighted by molar-refractivity contribution is -0.118. The molecule has 1 heterocycles. The van der Waals surface area contributed by atoms with Gasteiger partial charge in [0, 0.05) is 19.6 Å². The van der Waals surface area contributed by atoms with Crippen LogP contribution in [0.25, 0.3) is 0 Å². The fourth-order valence-corrected chi connectivity index (χ4v) is 2.18. The zero-order valence-corrected chi connectivity index (χ0v) is 11.5. The quantitative estimate of drug-likeness (QED) is 0.807. The fraction of sp³-hybridized carbons (Fsp3) is 0.846. The maximum Gasteiger partial charge on any atom is 0.320 e. The standard InChI is InChI=1S/C13H25N3O2/c1-3-4-7-16(10-12(14)17)13(18)15-8-5-11(2)6-9-15/h11H,3-10H2,1-2H3,(H2,14,17). The molecule has 5 nitrogen and oxygen atoms in total. The normalized spacial score (nSPS) is 16.7. The van der Waals surface area contributed by atoms with Crippen LogP contribution in [-0.2, 0) is 4.79 Å². The number of hydrogen-bond donors (Lipinski definition) is 1. The third kappa shape index (κ3) is 4.55. The minimum atomic E-state index is -0.440. The molecule has 0 atom stereocenters. The molecule has 1 aliphatic rings. The van der Waals surface area contributed by atoms with Crippen LogP contribution in [-0.4, -0.2) is 47.9 Å². The van der Waals surface area contributed by atoms with Crippen LogP contribution >= 0.6 is 0 Å². The summed E-state index contributed by atoms with van der Waals surface area (Å²) in [7, 11) is 0. The highest BCUT2D eigenvalue weighted by Crippen LogP contribution is 2.17. The fourth-order valence-electron chi connectivity index (χ4n) is 2.18. The van der Waals surface area contributed by atoms with Crippen molar-refractivity contribution in [2.75, 3.05) is 26.2 Å². The Morgan fingerprint density at radius 3 is 2.44 bits per heavy atom. The summed E-state index contributed by atoms with van der Waals surface area (Å²) in [4.78, 5) is 26.7. The molecule has 0 radical (unpaired) electrons. The molecule has 0 saturated carbocycles. The third-order valence-electron chi connectivity index (χ3n) is 3.45. The summed E-state index contributed by atoms with van der Waals surface area (Å²) in [6.07, 6.45) is 4.00. The van der Waals surface area contributed by atoms with Crippen LogP contribution in [0.1, 0.15) is 39.5 Å². The Bertz CT molecular complexity index is 286. The zero-order valence-electron chi connectivity index (χ0n) is 11.5. The van der Waals surface area contributed by atoms with Gasteiger partial charge in [0.25, 0.3) is 0 Å². The highest BCUT2D eigenvalue weighted by Gasteiger charge is 2.25. The highest BCUT2D eigenvalue weighted by atomic mass is 16.2. The van der Waals surface area contributed by atoms with Gasteiger partial charge in [0.2, 0.25) is 5.91 Å². The smallest absolute Gasteiger partial charge is 0.320 e. The van der Waals surface area contributed by atoms with Crippen molar-refractivity contribution in [1.29, 1.82) is 0 Å². The molecule has 0 aromatic rings. The molecule has 0 aromatic carbocycles. The van der Waals surface area contributed by atoms with Crippen molar-refractivity contribution in [3.8, 4) is 0 Å². The van der Waals surface area contributed by atoms with Crippen molar-refractivity contribution < 1.29 is 9.59 Å². The van der Waals surface area contributed by atoms with Gasteiger partial charge in [-0.2, -0.15) is 0 Å². The molecule has 0 aromatic heterocycles. The number of carbonyl (C=O) groups excluding carboxylic acids is 2. The molecule has 0 spiro atoms. The summed E-state index contributed by atoms with van der Waals surface area (Å²) in [5.74, 6) is 0.249. The average molecular weight is 255 g/mol. The van der Waals surface area contributed by atoms with Gasteiger partial charge in [0.05, 0.1) is 0 Å². The Hall–Kier alpha value is -1.26. The summed E-state index contributed by atoms with van der Waals surface area (Å²) >= 11 is 0. The number of urea groups is 1. The van der Waals surface area contributed by atoms with E-state index in [1.165, 1.54) is 0 Å². The van der Waals surface area contributed by atoms with Crippen LogP contribution in [0.2, 0.25) is 0 Å². The molecule has 0 aliphatic carbocycles. The Balaban J connectivity index is 2.54. The first-order valence-electron chi connectivity index (χ1n) is 6.86. The average Bonchev–Trinajstić information content (AvgIpc) is 2.34. The van der Waals surface area contributed by atoms with E-state index in [1.807, 2.05) is 4.90 Å². The lowest BCUT2D eigenvalue weighted by Gasteiger charge is -2.34. The first-order valence-corrected chi connectivity index (χ1v) is 6.86. The maximum absolute atomic E-state index is 12.3. The second-order valence-corrected chi connectivity index (χ2v) is 5.19. The minimum Gasteiger partial charge on any atom is -0.368 e. The van der Waals surface area contributed by atoms with Crippen molar-refractivity contribution in [2.45, 2.75) is 39.5 Å². The molecule has 5 heteroatoms. The maximum atomic E-state index is 12.3. The number of primary amides is 1. The number of piperidine rings is 1. The first-order chi connectivity index (χ1) is 8.54. The molecule has 18 heavy (non-hydrogen) atoms. The molecule has 1 saturated heterocycles. The monoisotopic (exact) mass is 255 g/mol. The number of rotatable bonds is 5. The lowest BCUT2D eigenvalue weighted by atomic mass is 9.99. The van der Waals surface area contributed by atoms with Crippen molar-refractivity contribution in [1.82, 2.24) is 9.80 Å². The van der Waals surface area contributed by atoms with Gasteiger partial charge in [-0.3, -0.25) is 4.79 Å². The lowest BCUT2D eigenvalue weighted by Crippen LogP contribution is -2.49. The second-order valence-electron chi connectivity index (χ2n) is 5.19. The summed E-state index contributed by atoms with van der Waals surface area (Å²) < 4.78 is 0. The number of unbranched alkanes of at least 4 members (excludes halogenated alkanes) is 1. The molecule has 0 bridgehead atoms. The SMILES string of the molecule is CCCCN(CC(N)=O)C(=O)N1CCC(C)CC1. The summed E-state index contributed by atoms with van der Waals surface area (Å²) in [5, 5.41) is 0. The van der Waals surface area contributed by atoms with Crippen LogP contribution in [0.4, 0.5) is 4.79 Å². The number of amides is 3. The minimum absolute atomic E-state index is 0.0326. The zero-order chi connectivity index (χ0) is 13.5. The molecule has 3 amide bonds. The van der Waals surface area contributed by atoms with Gasteiger partial charge < -0.3 is 15.5 Å². The van der Waals surface area contributed by atoms with E-state index in [4.69, 9.17) is 5.73 Å². The number of carbonyl (C=O) groups is 2. The summed E-state index contributed by atoms with van der Waals surface area (Å²) in [6.45, 7) is 6.51. The van der Waals surface area contributed by atoms with E-state index in [2.05, 4.69) is 13.8 Å². The van der Waals surface area contributed by atoms with Gasteiger partial charge in [-0.25, -0.2) is 4.79 Å². The van der Waals surface area contributed by atoms with Crippen LogP contribution in [0, 0.1) is 5.92 Å². The number of nitrogens with zero attached hydrogens (tertiary/aromatic N) is 2. The van der Waals surface area contributed by atoms with Crippen LogP contribution in [0.3, 0.4) is 0 Å². The van der Waals surface area contributed by atoms with Gasteiger partial charge in [0.1, 0.15) is 6.54 Å². The van der Waals surface area contributed by atoms with Crippen molar-refractivity contribution in [2.24, 2.45) is 11.7 Å². The van der Waals surface area contributed by atoms with E-state index in [-0.39, 0.29) is 12.6 Å². The summed E-state index contributed by atoms with van der Waals surface area (Å²) in [5.41, 5.74) is 5.20. The molecule has 1 aliphatic heterocycles. The molecule has 104 valence electrons. The Kier molecular flexibility index (Phi) is 5.95. The van der Waals surface area contributed by atoms with E-state index in [9.17, 15) is 9.59 Å². The van der Waals surface area contributed by atoms with Crippen molar-refractivity contribution >= 4 is 11.9 Å². The highest BCUT2D eigenvalue weighted by molar-refractivity contribution is 5.83. The second kappa shape index (κ2) is 7.24. The predicted octanol–water partition coefficient (Wildman–Crippen LogP) is 1.43. The molecule has 1 rings (SSSR count). The molecular formula is C13H25N3O2. The van der Waals surface area contributed by atoms with Gasteiger partial charge >= 0.3 is 6.03 Å². The Labute approximate surface area is 109 Å². The Morgan fingerprint density at radius 2 is 1.94 bits per heavy atom. The Morgan fingerprint density at radius 1 is 1.33 bits per heavy atom. The van der Waals surface area contributed by atoms with Gasteiger partial charge in [0.15, 0.2) is 0 Å². The first kappa shape index (κ1) is 14.8. The van der Waals surface area contributed by atoms with Crippen molar-refractivity contribution in [3.63, 3.8) is 0 Å². The van der Waals surface area contributed by atoms with E-state index in [1.54, 1.807) is 4.90 Å². The van der Waals surface area contributed by atoms with Gasteiger partial charge in [-0.05, 0) is 25.2 Å². The van der Waals surface area contributed by atoms with E-state index < -0.39 is 5.91 Å². The van der Waals surface area contributed by atoms with E-state index >= 15 is 0 Å². The van der Waals surface area contributed by atoms with Crippen LogP contribution < -0.4 is 5.73 Å². The van der Waals surface area contributed by atoms with Gasteiger partial charge in [-0.1, -0.05) is 20.3 Å². The van der Waals surface area contributed by atoms with E-state index in [0.29, 0.717) is 12.5 Å². The predicted molar refractivity (Wildman–Crippen MR) is 71.0 cm³/mol. The third-order valence-corrected chi connectivity index (χ3v) is 3.45. The number of hydrogen-bond acceptors (Lipinski definition) is 2. The largest absolute Gasteiger partial charge is 0.368 e. The molecule has 1 fully saturated rings. The summed E-state index contributed by atoms with van der Waals surface area (Å²) in [6, 6.07) is -0.0332. The molecule has 0 unspecified atom stereocenters. The number of nitrogens with two attached hydrogens (primary N) is 1. The van der Waals surface area contributed by atoms with Gasteiger partial charge in [-0.15, -0.1) is 0 Å². The number of likely N-dealkylation sites (tertiary alicyclic amines) is 1. The molecule has 2 N–H and O–H groups in total. The van der Waals surface area contributed by atoms with E-state index in [0.717, 1.165) is 38.8 Å². The van der Waals surface area contributed by atoms with Crippen molar-refractivity contribution in [3.05, 3.63) is 0 Å². The topological polar surface area (TPSA) is 66.6 Å². The molecular weight excluding hydrogens is 230 g/mol.